The second kappa shape index (κ2) is 11.3. The van der Waals surface area contributed by atoms with Crippen LogP contribution < -0.4 is 5.01 Å². The zero-order valence-corrected chi connectivity index (χ0v) is 23.4. The molecule has 1 aliphatic carbocycles. The van der Waals surface area contributed by atoms with Gasteiger partial charge < -0.3 is 0 Å². The SMILES string of the molecule is Cc1ccc(/C=N/N(C(=O)c2ccc(S(=O)(=O)N(C)C3CCCCC3)cc2)c2nc3ccc(F)cc3s2)cc1. The van der Waals surface area contributed by atoms with Crippen LogP contribution in [0.3, 0.4) is 0 Å². The van der Waals surface area contributed by atoms with Crippen LogP contribution in [0.5, 0.6) is 0 Å². The molecular weight excluding hydrogens is 535 g/mol. The molecule has 0 N–H and O–H groups in total. The van der Waals surface area contributed by atoms with E-state index >= 15 is 0 Å². The summed E-state index contributed by atoms with van der Waals surface area (Å²) in [7, 11) is -2.06. The topological polar surface area (TPSA) is 82.9 Å². The first-order valence-electron chi connectivity index (χ1n) is 12.8. The molecule has 7 nitrogen and oxygen atoms in total. The van der Waals surface area contributed by atoms with Crippen molar-refractivity contribution in [3.63, 3.8) is 0 Å². The number of hydrogen-bond donors (Lipinski definition) is 0. The van der Waals surface area contributed by atoms with Crippen LogP contribution in [0.4, 0.5) is 9.52 Å². The summed E-state index contributed by atoms with van der Waals surface area (Å²) >= 11 is 1.14. The minimum absolute atomic E-state index is 0.0134. The second-order valence-electron chi connectivity index (χ2n) is 9.72. The quantitative estimate of drug-likeness (QED) is 0.193. The molecule has 0 unspecified atom stereocenters. The number of amides is 1. The number of aromatic nitrogens is 1. The normalized spacial score (nSPS) is 14.9. The lowest BCUT2D eigenvalue weighted by atomic mass is 9.96. The van der Waals surface area contributed by atoms with Crippen LogP contribution in [0, 0.1) is 12.7 Å². The Labute approximate surface area is 231 Å². The van der Waals surface area contributed by atoms with E-state index in [-0.39, 0.29) is 21.6 Å². The average molecular weight is 565 g/mol. The highest BCUT2D eigenvalue weighted by atomic mass is 32.2. The van der Waals surface area contributed by atoms with Crippen molar-refractivity contribution in [2.45, 2.75) is 50.0 Å². The second-order valence-corrected chi connectivity index (χ2v) is 12.7. The fourth-order valence-corrected chi connectivity index (χ4v) is 7.00. The third-order valence-electron chi connectivity index (χ3n) is 6.98. The Bertz CT molecular complexity index is 1610. The van der Waals surface area contributed by atoms with Gasteiger partial charge in [0.1, 0.15) is 5.82 Å². The van der Waals surface area contributed by atoms with E-state index in [1.54, 1.807) is 19.3 Å². The maximum atomic E-state index is 13.8. The Kier molecular flexibility index (Phi) is 7.88. The molecule has 0 saturated heterocycles. The number of anilines is 1. The van der Waals surface area contributed by atoms with Crippen molar-refractivity contribution in [2.75, 3.05) is 12.1 Å². The number of nitrogens with zero attached hydrogens (tertiary/aromatic N) is 4. The third kappa shape index (κ3) is 5.93. The van der Waals surface area contributed by atoms with E-state index in [0.29, 0.717) is 10.2 Å². The molecule has 202 valence electrons. The Morgan fingerprint density at radius 2 is 1.72 bits per heavy atom. The summed E-state index contributed by atoms with van der Waals surface area (Å²) in [5.74, 6) is -0.879. The molecule has 0 aliphatic heterocycles. The summed E-state index contributed by atoms with van der Waals surface area (Å²) in [4.78, 5) is 18.3. The molecule has 1 aliphatic rings. The largest absolute Gasteiger partial charge is 0.280 e. The van der Waals surface area contributed by atoms with E-state index in [0.717, 1.165) is 54.6 Å². The average Bonchev–Trinajstić information content (AvgIpc) is 3.37. The molecular formula is C29H29FN4O3S2. The molecule has 1 amide bonds. The number of sulfonamides is 1. The maximum Gasteiger partial charge on any atom is 0.280 e. The summed E-state index contributed by atoms with van der Waals surface area (Å²) in [6.07, 6.45) is 6.44. The van der Waals surface area contributed by atoms with Crippen molar-refractivity contribution in [2.24, 2.45) is 5.10 Å². The van der Waals surface area contributed by atoms with Gasteiger partial charge in [-0.3, -0.25) is 4.79 Å². The van der Waals surface area contributed by atoms with Gasteiger partial charge in [0, 0.05) is 18.7 Å². The van der Waals surface area contributed by atoms with Gasteiger partial charge in [0.05, 0.1) is 21.3 Å². The highest BCUT2D eigenvalue weighted by Gasteiger charge is 2.29. The molecule has 0 atom stereocenters. The van der Waals surface area contributed by atoms with Gasteiger partial charge in [0.25, 0.3) is 5.91 Å². The van der Waals surface area contributed by atoms with Crippen LogP contribution in [0.25, 0.3) is 10.2 Å². The lowest BCUT2D eigenvalue weighted by Gasteiger charge is -2.30. The molecule has 4 aromatic rings. The van der Waals surface area contributed by atoms with Crippen LogP contribution in [-0.2, 0) is 10.0 Å². The highest BCUT2D eigenvalue weighted by molar-refractivity contribution is 7.89. The number of rotatable bonds is 7. The molecule has 39 heavy (non-hydrogen) atoms. The molecule has 0 bridgehead atoms. The van der Waals surface area contributed by atoms with Crippen molar-refractivity contribution in [1.29, 1.82) is 0 Å². The van der Waals surface area contributed by atoms with Crippen molar-refractivity contribution in [3.8, 4) is 0 Å². The standard InChI is InChI=1S/C29H29FN4O3S2/c1-20-8-10-21(11-9-20)19-31-34(29-32-26-17-14-23(30)18-27(26)38-29)28(35)22-12-15-25(16-13-22)39(36,37)33(2)24-6-4-3-5-7-24/h8-19,24H,3-7H2,1-2H3/b31-19+. The number of hydrogen-bond acceptors (Lipinski definition) is 6. The van der Waals surface area contributed by atoms with Crippen molar-refractivity contribution < 1.29 is 17.6 Å². The number of fused-ring (bicyclic) bond motifs is 1. The maximum absolute atomic E-state index is 13.8. The predicted molar refractivity (Wildman–Crippen MR) is 153 cm³/mol. The first-order chi connectivity index (χ1) is 18.7. The van der Waals surface area contributed by atoms with E-state index in [1.165, 1.54) is 45.7 Å². The van der Waals surface area contributed by atoms with Crippen LogP contribution in [0.2, 0.25) is 0 Å². The predicted octanol–water partition coefficient (Wildman–Crippen LogP) is 6.38. The minimum Gasteiger partial charge on any atom is -0.267 e. The Morgan fingerprint density at radius 1 is 1.03 bits per heavy atom. The number of benzene rings is 3. The van der Waals surface area contributed by atoms with E-state index in [2.05, 4.69) is 10.1 Å². The van der Waals surface area contributed by atoms with Crippen LogP contribution >= 0.6 is 11.3 Å². The molecule has 5 rings (SSSR count). The third-order valence-corrected chi connectivity index (χ3v) is 9.90. The van der Waals surface area contributed by atoms with Crippen molar-refractivity contribution >= 4 is 48.8 Å². The molecule has 1 heterocycles. The monoisotopic (exact) mass is 564 g/mol. The number of hydrazone groups is 1. The first kappa shape index (κ1) is 27.1. The molecule has 1 aromatic heterocycles. The first-order valence-corrected chi connectivity index (χ1v) is 15.1. The van der Waals surface area contributed by atoms with Gasteiger partial charge in [0.15, 0.2) is 0 Å². The fraction of sp³-hybridized carbons (Fsp3) is 0.276. The zero-order chi connectivity index (χ0) is 27.6. The Hall–Kier alpha value is -3.47. The highest BCUT2D eigenvalue weighted by Crippen LogP contribution is 2.31. The van der Waals surface area contributed by atoms with Gasteiger partial charge in [-0.25, -0.2) is 17.8 Å². The lowest BCUT2D eigenvalue weighted by molar-refractivity contribution is 0.0987. The Balaban J connectivity index is 1.45. The number of halogens is 1. The molecule has 10 heteroatoms. The van der Waals surface area contributed by atoms with E-state index in [9.17, 15) is 17.6 Å². The Morgan fingerprint density at radius 3 is 2.41 bits per heavy atom. The smallest absolute Gasteiger partial charge is 0.267 e. The summed E-state index contributed by atoms with van der Waals surface area (Å²) in [6, 6.07) is 17.8. The van der Waals surface area contributed by atoms with Gasteiger partial charge in [-0.2, -0.15) is 14.4 Å². The lowest BCUT2D eigenvalue weighted by Crippen LogP contribution is -2.38. The van der Waals surface area contributed by atoms with Gasteiger partial charge in [-0.1, -0.05) is 60.4 Å². The van der Waals surface area contributed by atoms with Crippen molar-refractivity contribution in [3.05, 3.63) is 89.2 Å². The van der Waals surface area contributed by atoms with Gasteiger partial charge in [-0.15, -0.1) is 0 Å². The number of aryl methyl sites for hydroxylation is 1. The minimum atomic E-state index is -3.69. The van der Waals surface area contributed by atoms with Gasteiger partial charge >= 0.3 is 0 Å². The van der Waals surface area contributed by atoms with Crippen LogP contribution in [-0.4, -0.2) is 42.9 Å². The van der Waals surface area contributed by atoms with Crippen LogP contribution in [0.1, 0.15) is 53.6 Å². The summed E-state index contributed by atoms with van der Waals surface area (Å²) in [6.45, 7) is 1.98. The van der Waals surface area contributed by atoms with E-state index in [1.807, 2.05) is 31.2 Å². The van der Waals surface area contributed by atoms with E-state index in [4.69, 9.17) is 0 Å². The summed E-state index contributed by atoms with van der Waals surface area (Å²) in [5, 5.41) is 5.88. The fourth-order valence-electron chi connectivity index (χ4n) is 4.64. The summed E-state index contributed by atoms with van der Waals surface area (Å²) in [5.41, 5.74) is 2.68. The van der Waals surface area contributed by atoms with Crippen LogP contribution in [0.15, 0.2) is 76.7 Å². The molecule has 1 fully saturated rings. The molecule has 1 saturated carbocycles. The summed E-state index contributed by atoms with van der Waals surface area (Å²) < 4.78 is 42.3. The van der Waals surface area contributed by atoms with E-state index < -0.39 is 21.7 Å². The molecule has 3 aromatic carbocycles. The molecule has 0 spiro atoms. The van der Waals surface area contributed by atoms with Crippen molar-refractivity contribution in [1.82, 2.24) is 9.29 Å². The van der Waals surface area contributed by atoms with Gasteiger partial charge in [-0.05, 0) is 67.8 Å². The zero-order valence-electron chi connectivity index (χ0n) is 21.7. The number of carbonyl (C=O) groups excluding carboxylic acids is 1. The number of carbonyl (C=O) groups is 1. The van der Waals surface area contributed by atoms with Gasteiger partial charge in [0.2, 0.25) is 15.2 Å². The molecule has 0 radical (unpaired) electrons. The number of thiazole rings is 1.